The molecule has 2 aromatic rings. The predicted octanol–water partition coefficient (Wildman–Crippen LogP) is 2.73. The molecule has 5 heteroatoms. The molecule has 0 bridgehead atoms. The van der Waals surface area contributed by atoms with Gasteiger partial charge in [0.25, 0.3) is 0 Å². The maximum absolute atomic E-state index is 11.9. The average molecular weight is 295 g/mol. The third-order valence-electron chi connectivity index (χ3n) is 4.15. The molecule has 0 spiro atoms. The zero-order valence-corrected chi connectivity index (χ0v) is 12.6. The second kappa shape index (κ2) is 5.26. The van der Waals surface area contributed by atoms with Crippen LogP contribution in [0.15, 0.2) is 23.0 Å². The molecule has 108 valence electrons. The van der Waals surface area contributed by atoms with Gasteiger partial charge in [-0.15, -0.1) is 11.6 Å². The number of hydrogen-bond acceptors (Lipinski definition) is 2. The molecular weight excluding hydrogens is 276 g/mol. The molecule has 0 radical (unpaired) electrons. The van der Waals surface area contributed by atoms with Gasteiger partial charge in [-0.1, -0.05) is 6.07 Å². The van der Waals surface area contributed by atoms with Crippen LogP contribution in [0.4, 0.5) is 0 Å². The Hall–Kier alpha value is -1.26. The molecule has 2 atom stereocenters. The van der Waals surface area contributed by atoms with Crippen molar-refractivity contribution < 1.29 is 4.74 Å². The van der Waals surface area contributed by atoms with Crippen molar-refractivity contribution in [3.8, 4) is 0 Å². The van der Waals surface area contributed by atoms with Gasteiger partial charge in [0.05, 0.1) is 22.5 Å². The SMILES string of the molecule is Cn1c(=O)n(C)c2cc(C(Cl)CC3CCCO3)ccc21. The summed E-state index contributed by atoms with van der Waals surface area (Å²) >= 11 is 6.51. The smallest absolute Gasteiger partial charge is 0.328 e. The van der Waals surface area contributed by atoms with Gasteiger partial charge in [0.1, 0.15) is 0 Å². The third kappa shape index (κ3) is 2.27. The lowest BCUT2D eigenvalue weighted by atomic mass is 10.0. The highest BCUT2D eigenvalue weighted by molar-refractivity contribution is 6.20. The number of hydrogen-bond donors (Lipinski definition) is 0. The molecule has 1 aromatic carbocycles. The van der Waals surface area contributed by atoms with Crippen molar-refractivity contribution in [2.24, 2.45) is 14.1 Å². The first kappa shape index (κ1) is 13.7. The molecule has 1 saturated heterocycles. The molecule has 20 heavy (non-hydrogen) atoms. The van der Waals surface area contributed by atoms with Gasteiger partial charge in [0, 0.05) is 20.7 Å². The van der Waals surface area contributed by atoms with E-state index in [-0.39, 0.29) is 17.2 Å². The second-order valence-electron chi connectivity index (χ2n) is 5.49. The Morgan fingerprint density at radius 2 is 2.10 bits per heavy atom. The summed E-state index contributed by atoms with van der Waals surface area (Å²) in [5.41, 5.74) is 2.90. The molecule has 0 aliphatic carbocycles. The van der Waals surface area contributed by atoms with E-state index in [1.54, 1.807) is 23.2 Å². The van der Waals surface area contributed by atoms with Crippen molar-refractivity contribution in [1.82, 2.24) is 9.13 Å². The highest BCUT2D eigenvalue weighted by atomic mass is 35.5. The van der Waals surface area contributed by atoms with Gasteiger partial charge in [0.15, 0.2) is 0 Å². The minimum atomic E-state index is -0.0715. The van der Waals surface area contributed by atoms with Crippen molar-refractivity contribution in [2.75, 3.05) is 6.61 Å². The van der Waals surface area contributed by atoms with Gasteiger partial charge < -0.3 is 4.74 Å². The van der Waals surface area contributed by atoms with E-state index in [2.05, 4.69) is 0 Å². The van der Waals surface area contributed by atoms with Crippen LogP contribution >= 0.6 is 11.6 Å². The van der Waals surface area contributed by atoms with Crippen LogP contribution in [0.5, 0.6) is 0 Å². The fraction of sp³-hybridized carbons (Fsp3) is 0.533. The summed E-state index contributed by atoms with van der Waals surface area (Å²) in [5.74, 6) is 0. The number of benzene rings is 1. The van der Waals surface area contributed by atoms with Crippen LogP contribution in [-0.4, -0.2) is 21.8 Å². The minimum absolute atomic E-state index is 0.0117. The van der Waals surface area contributed by atoms with Crippen molar-refractivity contribution >= 4 is 22.6 Å². The van der Waals surface area contributed by atoms with Crippen molar-refractivity contribution in [1.29, 1.82) is 0 Å². The fourth-order valence-corrected chi connectivity index (χ4v) is 3.25. The van der Waals surface area contributed by atoms with Gasteiger partial charge in [0.2, 0.25) is 0 Å². The number of rotatable bonds is 3. The third-order valence-corrected chi connectivity index (χ3v) is 4.58. The molecule has 2 unspecified atom stereocenters. The first-order chi connectivity index (χ1) is 9.58. The zero-order chi connectivity index (χ0) is 14.3. The molecule has 0 saturated carbocycles. The fourth-order valence-electron chi connectivity index (χ4n) is 2.92. The van der Waals surface area contributed by atoms with E-state index in [1.165, 1.54) is 0 Å². The van der Waals surface area contributed by atoms with Crippen molar-refractivity contribution in [3.05, 3.63) is 34.2 Å². The average Bonchev–Trinajstić information content (AvgIpc) is 3.03. The second-order valence-corrected chi connectivity index (χ2v) is 6.01. The molecule has 4 nitrogen and oxygen atoms in total. The van der Waals surface area contributed by atoms with Crippen LogP contribution in [0.3, 0.4) is 0 Å². The van der Waals surface area contributed by atoms with Crippen LogP contribution in [0.1, 0.15) is 30.2 Å². The summed E-state index contributed by atoms with van der Waals surface area (Å²) in [6.07, 6.45) is 3.32. The van der Waals surface area contributed by atoms with Gasteiger partial charge in [-0.05, 0) is 37.0 Å². The topological polar surface area (TPSA) is 36.2 Å². The monoisotopic (exact) mass is 294 g/mol. The Morgan fingerprint density at radius 3 is 2.80 bits per heavy atom. The number of imidazole rings is 1. The molecule has 0 N–H and O–H groups in total. The quantitative estimate of drug-likeness (QED) is 0.816. The molecule has 1 aliphatic rings. The van der Waals surface area contributed by atoms with Crippen LogP contribution in [0, 0.1) is 0 Å². The molecule has 1 aliphatic heterocycles. The van der Waals surface area contributed by atoms with E-state index in [9.17, 15) is 4.79 Å². The van der Waals surface area contributed by atoms with Crippen LogP contribution < -0.4 is 5.69 Å². The Morgan fingerprint density at radius 1 is 1.35 bits per heavy atom. The summed E-state index contributed by atoms with van der Waals surface area (Å²) in [6.45, 7) is 0.848. The van der Waals surface area contributed by atoms with Gasteiger partial charge in [-0.2, -0.15) is 0 Å². The zero-order valence-electron chi connectivity index (χ0n) is 11.8. The normalized spacial score (nSPS) is 20.6. The number of aromatic nitrogens is 2. The lowest BCUT2D eigenvalue weighted by Gasteiger charge is -2.15. The largest absolute Gasteiger partial charge is 0.378 e. The highest BCUT2D eigenvalue weighted by Crippen LogP contribution is 2.31. The van der Waals surface area contributed by atoms with E-state index in [0.29, 0.717) is 0 Å². The summed E-state index contributed by atoms with van der Waals surface area (Å²) in [7, 11) is 3.58. The molecule has 1 fully saturated rings. The lowest BCUT2D eigenvalue weighted by molar-refractivity contribution is 0.103. The standard InChI is InChI=1S/C15H19ClN2O2/c1-17-13-6-5-10(8-14(13)18(2)15(17)19)12(16)9-11-4-3-7-20-11/h5-6,8,11-12H,3-4,7,9H2,1-2H3. The van der Waals surface area contributed by atoms with Gasteiger partial charge >= 0.3 is 5.69 Å². The Bertz CT molecular complexity index is 683. The Balaban J connectivity index is 1.92. The lowest BCUT2D eigenvalue weighted by Crippen LogP contribution is -2.19. The maximum atomic E-state index is 11.9. The van der Waals surface area contributed by atoms with E-state index in [4.69, 9.17) is 16.3 Å². The first-order valence-electron chi connectivity index (χ1n) is 6.99. The van der Waals surface area contributed by atoms with Crippen LogP contribution in [0.25, 0.3) is 11.0 Å². The summed E-state index contributed by atoms with van der Waals surface area (Å²) in [5, 5.41) is -0.0715. The summed E-state index contributed by atoms with van der Waals surface area (Å²) < 4.78 is 8.95. The molecule has 0 amide bonds. The summed E-state index contributed by atoms with van der Waals surface area (Å²) in [4.78, 5) is 11.9. The molecule has 2 heterocycles. The number of halogens is 1. The molecular formula is C15H19ClN2O2. The van der Waals surface area contributed by atoms with Crippen LogP contribution in [0.2, 0.25) is 0 Å². The number of aryl methyl sites for hydroxylation is 2. The maximum Gasteiger partial charge on any atom is 0.328 e. The van der Waals surface area contributed by atoms with E-state index in [0.717, 1.165) is 42.5 Å². The molecule has 3 rings (SSSR count). The Labute approximate surface area is 122 Å². The number of nitrogens with zero attached hydrogens (tertiary/aromatic N) is 2. The first-order valence-corrected chi connectivity index (χ1v) is 7.42. The van der Waals surface area contributed by atoms with Crippen molar-refractivity contribution in [3.63, 3.8) is 0 Å². The van der Waals surface area contributed by atoms with E-state index in [1.807, 2.05) is 18.2 Å². The van der Waals surface area contributed by atoms with E-state index >= 15 is 0 Å². The predicted molar refractivity (Wildman–Crippen MR) is 80.3 cm³/mol. The van der Waals surface area contributed by atoms with Gasteiger partial charge in [-0.3, -0.25) is 9.13 Å². The Kier molecular flexibility index (Phi) is 3.61. The number of ether oxygens (including phenoxy) is 1. The molecule has 1 aromatic heterocycles. The number of alkyl halides is 1. The number of fused-ring (bicyclic) bond motifs is 1. The van der Waals surface area contributed by atoms with Crippen molar-refractivity contribution in [2.45, 2.75) is 30.7 Å². The minimum Gasteiger partial charge on any atom is -0.378 e. The van der Waals surface area contributed by atoms with Crippen LogP contribution in [-0.2, 0) is 18.8 Å². The summed E-state index contributed by atoms with van der Waals surface area (Å²) in [6, 6.07) is 5.99. The van der Waals surface area contributed by atoms with E-state index < -0.39 is 0 Å². The van der Waals surface area contributed by atoms with Gasteiger partial charge in [-0.25, -0.2) is 4.79 Å². The highest BCUT2D eigenvalue weighted by Gasteiger charge is 2.21.